The number of nitrogens with zero attached hydrogens (tertiary/aromatic N) is 1. The largest absolute Gasteiger partial charge is 0.399 e. The molecule has 0 aliphatic heterocycles. The second kappa shape index (κ2) is 5.23. The van der Waals surface area contributed by atoms with Gasteiger partial charge in [0.1, 0.15) is 5.82 Å². The van der Waals surface area contributed by atoms with Crippen LogP contribution in [0.1, 0.15) is 13.8 Å². The van der Waals surface area contributed by atoms with Gasteiger partial charge in [0.15, 0.2) is 0 Å². The van der Waals surface area contributed by atoms with Crippen molar-refractivity contribution in [3.8, 4) is 0 Å². The average molecular weight is 245 g/mol. The minimum Gasteiger partial charge on any atom is -0.399 e. The van der Waals surface area contributed by atoms with E-state index in [4.69, 9.17) is 10.8 Å². The Morgan fingerprint density at radius 2 is 2.06 bits per heavy atom. The molecule has 96 valence electrons. The van der Waals surface area contributed by atoms with Crippen LogP contribution in [-0.4, -0.2) is 22.7 Å². The number of hydrogen-bond acceptors (Lipinski definition) is 4. The number of aliphatic hydroxyl groups is 1. The number of anilines is 2. The lowest BCUT2D eigenvalue weighted by Gasteiger charge is -2.20. The van der Waals surface area contributed by atoms with Crippen LogP contribution in [0.3, 0.4) is 0 Å². The minimum atomic E-state index is 0.165. The molecule has 18 heavy (non-hydrogen) atoms. The Morgan fingerprint density at radius 1 is 1.28 bits per heavy atom. The van der Waals surface area contributed by atoms with Crippen LogP contribution in [0, 0.1) is 5.92 Å². The highest BCUT2D eigenvalue weighted by molar-refractivity contribution is 5.83. The van der Waals surface area contributed by atoms with E-state index < -0.39 is 0 Å². The van der Waals surface area contributed by atoms with Crippen molar-refractivity contribution in [2.24, 2.45) is 5.92 Å². The highest BCUT2D eigenvalue weighted by Gasteiger charge is 2.11. The molecular weight excluding hydrogens is 226 g/mol. The lowest BCUT2D eigenvalue weighted by molar-refractivity contribution is 0.226. The van der Waals surface area contributed by atoms with Gasteiger partial charge < -0.3 is 16.2 Å². The van der Waals surface area contributed by atoms with E-state index in [9.17, 15) is 0 Å². The SMILES string of the molecule is CC(CO)C(C)Nc1ccc2cc(N)ccc2n1. The third kappa shape index (κ3) is 2.71. The summed E-state index contributed by atoms with van der Waals surface area (Å²) in [7, 11) is 0. The van der Waals surface area contributed by atoms with Crippen molar-refractivity contribution in [3.63, 3.8) is 0 Å². The number of pyridine rings is 1. The second-order valence-corrected chi connectivity index (χ2v) is 4.74. The third-order valence-corrected chi connectivity index (χ3v) is 3.23. The van der Waals surface area contributed by atoms with Crippen LogP contribution in [0.25, 0.3) is 10.9 Å². The molecule has 0 radical (unpaired) electrons. The lowest BCUT2D eigenvalue weighted by atomic mass is 10.1. The van der Waals surface area contributed by atoms with Crippen molar-refractivity contribution >= 4 is 22.4 Å². The van der Waals surface area contributed by atoms with Crippen molar-refractivity contribution in [2.75, 3.05) is 17.7 Å². The number of rotatable bonds is 4. The number of nitrogens with two attached hydrogens (primary N) is 1. The Morgan fingerprint density at radius 3 is 2.78 bits per heavy atom. The monoisotopic (exact) mass is 245 g/mol. The predicted molar refractivity (Wildman–Crippen MR) is 75.5 cm³/mol. The smallest absolute Gasteiger partial charge is 0.126 e. The Bertz CT molecular complexity index is 542. The molecule has 2 atom stereocenters. The fourth-order valence-corrected chi connectivity index (χ4v) is 1.76. The van der Waals surface area contributed by atoms with Crippen molar-refractivity contribution in [2.45, 2.75) is 19.9 Å². The molecule has 0 spiro atoms. The number of fused-ring (bicyclic) bond motifs is 1. The Hall–Kier alpha value is -1.81. The summed E-state index contributed by atoms with van der Waals surface area (Å²) in [6.07, 6.45) is 0. The fraction of sp³-hybridized carbons (Fsp3) is 0.357. The summed E-state index contributed by atoms with van der Waals surface area (Å²) in [5.74, 6) is 1.01. The average Bonchev–Trinajstić information content (AvgIpc) is 2.38. The molecule has 1 aromatic heterocycles. The Balaban J connectivity index is 2.22. The quantitative estimate of drug-likeness (QED) is 0.722. The summed E-state index contributed by atoms with van der Waals surface area (Å²) < 4.78 is 0. The minimum absolute atomic E-state index is 0.165. The molecule has 4 N–H and O–H groups in total. The molecule has 2 unspecified atom stereocenters. The van der Waals surface area contributed by atoms with Crippen LogP contribution < -0.4 is 11.1 Å². The molecule has 1 heterocycles. The molecule has 0 fully saturated rings. The molecular formula is C14H19N3O. The maximum atomic E-state index is 9.11. The first-order valence-electron chi connectivity index (χ1n) is 6.14. The molecule has 0 saturated carbocycles. The van der Waals surface area contributed by atoms with Crippen LogP contribution in [0.4, 0.5) is 11.5 Å². The molecule has 2 rings (SSSR count). The van der Waals surface area contributed by atoms with Gasteiger partial charge in [-0.3, -0.25) is 0 Å². The summed E-state index contributed by atoms with van der Waals surface area (Å²) >= 11 is 0. The number of nitrogens with one attached hydrogen (secondary N) is 1. The van der Waals surface area contributed by atoms with Gasteiger partial charge in [-0.15, -0.1) is 0 Å². The van der Waals surface area contributed by atoms with E-state index in [0.29, 0.717) is 0 Å². The van der Waals surface area contributed by atoms with Gasteiger partial charge in [-0.1, -0.05) is 6.92 Å². The zero-order chi connectivity index (χ0) is 13.1. The summed E-state index contributed by atoms with van der Waals surface area (Å²) in [6.45, 7) is 4.20. The number of nitrogen functional groups attached to an aromatic ring is 1. The first-order chi connectivity index (χ1) is 8.60. The van der Waals surface area contributed by atoms with Gasteiger partial charge in [0.05, 0.1) is 5.52 Å². The van der Waals surface area contributed by atoms with Crippen LogP contribution in [0.5, 0.6) is 0 Å². The number of hydrogen-bond donors (Lipinski definition) is 3. The fourth-order valence-electron chi connectivity index (χ4n) is 1.76. The molecule has 0 saturated heterocycles. The second-order valence-electron chi connectivity index (χ2n) is 4.74. The lowest BCUT2D eigenvalue weighted by Crippen LogP contribution is -2.26. The van der Waals surface area contributed by atoms with Crippen LogP contribution >= 0.6 is 0 Å². The molecule has 4 heteroatoms. The van der Waals surface area contributed by atoms with Gasteiger partial charge >= 0.3 is 0 Å². The molecule has 2 aromatic rings. The summed E-state index contributed by atoms with van der Waals surface area (Å²) in [5, 5.41) is 13.4. The normalized spacial score (nSPS) is 14.4. The van der Waals surface area contributed by atoms with E-state index in [1.165, 1.54) is 0 Å². The summed E-state index contributed by atoms with van der Waals surface area (Å²) in [4.78, 5) is 4.52. The highest BCUT2D eigenvalue weighted by atomic mass is 16.3. The first kappa shape index (κ1) is 12.6. The molecule has 0 bridgehead atoms. The van der Waals surface area contributed by atoms with Gasteiger partial charge in [-0.25, -0.2) is 4.98 Å². The zero-order valence-corrected chi connectivity index (χ0v) is 10.7. The molecule has 0 aliphatic rings. The standard InChI is InChI=1S/C14H19N3O/c1-9(8-18)10(2)16-14-6-3-11-7-12(15)4-5-13(11)17-14/h3-7,9-10,18H,8,15H2,1-2H3,(H,16,17). The van der Waals surface area contributed by atoms with Crippen molar-refractivity contribution in [3.05, 3.63) is 30.3 Å². The highest BCUT2D eigenvalue weighted by Crippen LogP contribution is 2.19. The van der Waals surface area contributed by atoms with Crippen molar-refractivity contribution in [1.82, 2.24) is 4.98 Å². The van der Waals surface area contributed by atoms with Gasteiger partial charge in [-0.2, -0.15) is 0 Å². The predicted octanol–water partition coefficient (Wildman–Crippen LogP) is 2.25. The van der Waals surface area contributed by atoms with Crippen molar-refractivity contribution in [1.29, 1.82) is 0 Å². The Kier molecular flexibility index (Phi) is 3.67. The molecule has 0 aliphatic carbocycles. The van der Waals surface area contributed by atoms with Crippen molar-refractivity contribution < 1.29 is 5.11 Å². The van der Waals surface area contributed by atoms with E-state index >= 15 is 0 Å². The van der Waals surface area contributed by atoms with E-state index in [1.54, 1.807) is 0 Å². The van der Waals surface area contributed by atoms with E-state index in [-0.39, 0.29) is 18.6 Å². The Labute approximate surface area is 107 Å². The van der Waals surface area contributed by atoms with Crippen LogP contribution in [-0.2, 0) is 0 Å². The summed E-state index contributed by atoms with van der Waals surface area (Å²) in [6, 6.07) is 9.77. The maximum Gasteiger partial charge on any atom is 0.126 e. The first-order valence-corrected chi connectivity index (χ1v) is 6.14. The van der Waals surface area contributed by atoms with E-state index in [1.807, 2.05) is 44.2 Å². The molecule has 1 aromatic carbocycles. The van der Waals surface area contributed by atoms with Crippen LogP contribution in [0.15, 0.2) is 30.3 Å². The van der Waals surface area contributed by atoms with Gasteiger partial charge in [0.25, 0.3) is 0 Å². The molecule has 4 nitrogen and oxygen atoms in total. The summed E-state index contributed by atoms with van der Waals surface area (Å²) in [5.41, 5.74) is 7.39. The van der Waals surface area contributed by atoms with Gasteiger partial charge in [0.2, 0.25) is 0 Å². The van der Waals surface area contributed by atoms with E-state index in [2.05, 4.69) is 10.3 Å². The third-order valence-electron chi connectivity index (χ3n) is 3.23. The van der Waals surface area contributed by atoms with E-state index in [0.717, 1.165) is 22.4 Å². The zero-order valence-electron chi connectivity index (χ0n) is 10.7. The van der Waals surface area contributed by atoms with Gasteiger partial charge in [-0.05, 0) is 43.2 Å². The number of aromatic nitrogens is 1. The maximum absolute atomic E-state index is 9.11. The number of aliphatic hydroxyl groups excluding tert-OH is 1. The van der Waals surface area contributed by atoms with Crippen LogP contribution in [0.2, 0.25) is 0 Å². The number of benzene rings is 1. The molecule has 0 amide bonds. The van der Waals surface area contributed by atoms with Gasteiger partial charge in [0, 0.05) is 23.7 Å². The topological polar surface area (TPSA) is 71.2 Å².